The Bertz CT molecular complexity index is 1140. The zero-order valence-corrected chi connectivity index (χ0v) is 19.9. The van der Waals surface area contributed by atoms with Crippen LogP contribution in [-0.2, 0) is 28.9 Å². The largest absolute Gasteiger partial charge is 0.493 e. The van der Waals surface area contributed by atoms with E-state index >= 15 is 0 Å². The molecule has 2 aromatic heterocycles. The first-order valence-corrected chi connectivity index (χ1v) is 11.6. The summed E-state index contributed by atoms with van der Waals surface area (Å²) in [5.74, 6) is 0.937. The summed E-state index contributed by atoms with van der Waals surface area (Å²) in [4.78, 5) is 31.8. The number of thioether (sulfide) groups is 1. The van der Waals surface area contributed by atoms with Crippen LogP contribution in [0.5, 0.6) is 11.5 Å². The predicted octanol–water partition coefficient (Wildman–Crippen LogP) is 3.93. The number of carbonyl (C=O) groups excluding carboxylic acids is 1. The first-order chi connectivity index (χ1) is 14.9. The lowest BCUT2D eigenvalue weighted by Crippen LogP contribution is -2.25. The minimum Gasteiger partial charge on any atom is -0.493 e. The molecule has 0 amide bonds. The number of carbonyl (C=O) groups is 1. The van der Waals surface area contributed by atoms with Crippen molar-refractivity contribution in [1.29, 1.82) is 0 Å². The third-order valence-electron chi connectivity index (χ3n) is 4.90. The molecule has 7 nitrogen and oxygen atoms in total. The van der Waals surface area contributed by atoms with Crippen molar-refractivity contribution in [1.82, 2.24) is 9.55 Å². The molecule has 3 aromatic rings. The van der Waals surface area contributed by atoms with Crippen molar-refractivity contribution in [2.45, 2.75) is 43.6 Å². The lowest BCUT2D eigenvalue weighted by molar-refractivity contribution is -0.139. The summed E-state index contributed by atoms with van der Waals surface area (Å²) < 4.78 is 17.2. The molecule has 1 atom stereocenters. The summed E-state index contributed by atoms with van der Waals surface area (Å²) in [6, 6.07) is 7.61. The minimum atomic E-state index is -0.479. The van der Waals surface area contributed by atoms with Crippen molar-refractivity contribution < 1.29 is 19.0 Å². The van der Waals surface area contributed by atoms with E-state index in [0.717, 1.165) is 16.9 Å². The van der Waals surface area contributed by atoms with E-state index in [1.807, 2.05) is 24.3 Å². The van der Waals surface area contributed by atoms with Gasteiger partial charge in [-0.05, 0) is 43.5 Å². The van der Waals surface area contributed by atoms with Crippen LogP contribution in [0.3, 0.4) is 0 Å². The fourth-order valence-corrected chi connectivity index (χ4v) is 5.13. The number of hydrogen-bond acceptors (Lipinski definition) is 8. The second-order valence-corrected chi connectivity index (χ2v) is 9.28. The first kappa shape index (κ1) is 23.1. The van der Waals surface area contributed by atoms with Gasteiger partial charge in [0.05, 0.1) is 26.7 Å². The predicted molar refractivity (Wildman–Crippen MR) is 124 cm³/mol. The van der Waals surface area contributed by atoms with Crippen LogP contribution in [0.2, 0.25) is 0 Å². The lowest BCUT2D eigenvalue weighted by Gasteiger charge is -2.15. The molecular weight excluding hydrogens is 436 g/mol. The summed E-state index contributed by atoms with van der Waals surface area (Å²) in [7, 11) is 4.54. The number of nitrogens with zero attached hydrogens (tertiary/aromatic N) is 2. The van der Waals surface area contributed by atoms with Crippen LogP contribution in [-0.4, -0.2) is 42.1 Å². The number of aryl methyl sites for hydroxylation is 2. The molecule has 0 aliphatic heterocycles. The number of fused-ring (bicyclic) bond motifs is 1. The highest BCUT2D eigenvalue weighted by Crippen LogP contribution is 2.29. The maximum atomic E-state index is 13.3. The zero-order chi connectivity index (χ0) is 22.5. The summed E-state index contributed by atoms with van der Waals surface area (Å²) in [5.41, 5.74) is 0.905. The van der Waals surface area contributed by atoms with E-state index in [2.05, 4.69) is 6.92 Å². The van der Waals surface area contributed by atoms with Gasteiger partial charge in [0.15, 0.2) is 16.7 Å². The maximum Gasteiger partial charge on any atom is 0.318 e. The molecule has 1 aromatic carbocycles. The fourth-order valence-electron chi connectivity index (χ4n) is 3.16. The van der Waals surface area contributed by atoms with E-state index in [4.69, 9.17) is 19.2 Å². The normalized spacial score (nSPS) is 12.0. The lowest BCUT2D eigenvalue weighted by atomic mass is 10.1. The molecule has 0 aliphatic carbocycles. The van der Waals surface area contributed by atoms with Crippen molar-refractivity contribution in [3.05, 3.63) is 45.1 Å². The molecule has 0 N–H and O–H groups in total. The third kappa shape index (κ3) is 5.04. The molecular formula is C22H26N2O5S2. The van der Waals surface area contributed by atoms with Gasteiger partial charge in [0.1, 0.15) is 10.1 Å². The van der Waals surface area contributed by atoms with Crippen molar-refractivity contribution in [3.8, 4) is 11.5 Å². The molecule has 0 aliphatic rings. The number of rotatable bonds is 9. The van der Waals surface area contributed by atoms with Gasteiger partial charge in [0.25, 0.3) is 5.56 Å². The number of ether oxygens (including phenoxy) is 3. The van der Waals surface area contributed by atoms with Gasteiger partial charge < -0.3 is 14.2 Å². The Morgan fingerprint density at radius 1 is 1.19 bits per heavy atom. The number of aromatic nitrogens is 2. The topological polar surface area (TPSA) is 79.7 Å². The molecule has 166 valence electrons. The molecule has 0 unspecified atom stereocenters. The number of hydrogen-bond donors (Lipinski definition) is 0. The maximum absolute atomic E-state index is 13.3. The molecule has 0 saturated heterocycles. The van der Waals surface area contributed by atoms with Gasteiger partial charge in [-0.15, -0.1) is 11.3 Å². The third-order valence-corrected chi connectivity index (χ3v) is 7.14. The number of methoxy groups -OCH3 is 3. The highest BCUT2D eigenvalue weighted by atomic mass is 32.2. The molecule has 0 bridgehead atoms. The van der Waals surface area contributed by atoms with Crippen LogP contribution in [0.1, 0.15) is 24.3 Å². The fraction of sp³-hybridized carbons (Fsp3) is 0.409. The number of benzene rings is 1. The molecule has 0 radical (unpaired) electrons. The van der Waals surface area contributed by atoms with Gasteiger partial charge in [0, 0.05) is 11.4 Å². The summed E-state index contributed by atoms with van der Waals surface area (Å²) >= 11 is 2.75. The van der Waals surface area contributed by atoms with Crippen LogP contribution in [0.15, 0.2) is 34.2 Å². The van der Waals surface area contributed by atoms with E-state index in [9.17, 15) is 9.59 Å². The Morgan fingerprint density at radius 3 is 2.58 bits per heavy atom. The van der Waals surface area contributed by atoms with Crippen molar-refractivity contribution in [3.63, 3.8) is 0 Å². The molecule has 0 saturated carbocycles. The number of esters is 1. The minimum absolute atomic E-state index is 0.0963. The van der Waals surface area contributed by atoms with Gasteiger partial charge in [0.2, 0.25) is 0 Å². The SMILES string of the molecule is CCc1cc2c(=O)n(CCc3ccc(OC)c(OC)c3)c(S[C@H](C)C(=O)OC)nc2s1. The molecule has 3 rings (SSSR count). The summed E-state index contributed by atoms with van der Waals surface area (Å²) in [5, 5.41) is 0.650. The standard InChI is InChI=1S/C22H26N2O5S2/c1-6-15-12-16-19(31-15)23-22(30-13(2)21(26)29-5)24(20(16)25)10-9-14-7-8-17(27-3)18(11-14)28-4/h7-8,11-13H,6,9-10H2,1-5H3/t13-/m1/s1. The second-order valence-electron chi connectivity index (χ2n) is 6.86. The van der Waals surface area contributed by atoms with Gasteiger partial charge in [-0.1, -0.05) is 24.8 Å². The highest BCUT2D eigenvalue weighted by Gasteiger charge is 2.21. The Morgan fingerprint density at radius 2 is 1.94 bits per heavy atom. The smallest absolute Gasteiger partial charge is 0.318 e. The van der Waals surface area contributed by atoms with Crippen molar-refractivity contribution in [2.75, 3.05) is 21.3 Å². The molecule has 9 heteroatoms. The van der Waals surface area contributed by atoms with Crippen molar-refractivity contribution in [2.24, 2.45) is 0 Å². The molecule has 2 heterocycles. The van der Waals surface area contributed by atoms with Crippen LogP contribution in [0, 0.1) is 0 Å². The van der Waals surface area contributed by atoms with E-state index in [0.29, 0.717) is 39.8 Å². The highest BCUT2D eigenvalue weighted by molar-refractivity contribution is 8.00. The summed E-state index contributed by atoms with van der Waals surface area (Å²) in [6.07, 6.45) is 1.44. The molecule has 0 spiro atoms. The average molecular weight is 463 g/mol. The van der Waals surface area contributed by atoms with E-state index in [1.165, 1.54) is 30.2 Å². The quantitative estimate of drug-likeness (QED) is 0.271. The second kappa shape index (κ2) is 10.2. The Hall–Kier alpha value is -2.52. The average Bonchev–Trinajstić information content (AvgIpc) is 3.21. The Balaban J connectivity index is 1.98. The first-order valence-electron chi connectivity index (χ1n) is 9.90. The van der Waals surface area contributed by atoms with Gasteiger partial charge >= 0.3 is 5.97 Å². The van der Waals surface area contributed by atoms with Crippen LogP contribution in [0.4, 0.5) is 0 Å². The van der Waals surface area contributed by atoms with Crippen LogP contribution in [0.25, 0.3) is 10.2 Å². The number of thiophene rings is 1. The van der Waals surface area contributed by atoms with E-state index < -0.39 is 5.25 Å². The zero-order valence-electron chi connectivity index (χ0n) is 18.3. The Kier molecular flexibility index (Phi) is 7.61. The monoisotopic (exact) mass is 462 g/mol. The van der Waals surface area contributed by atoms with Crippen molar-refractivity contribution >= 4 is 39.3 Å². The van der Waals surface area contributed by atoms with Crippen LogP contribution >= 0.6 is 23.1 Å². The van der Waals surface area contributed by atoms with E-state index in [-0.39, 0.29) is 11.5 Å². The van der Waals surface area contributed by atoms with Gasteiger partial charge in [-0.2, -0.15) is 0 Å². The summed E-state index contributed by atoms with van der Waals surface area (Å²) in [6.45, 7) is 4.22. The van der Waals surface area contributed by atoms with E-state index in [1.54, 1.807) is 25.7 Å². The van der Waals surface area contributed by atoms with Crippen LogP contribution < -0.4 is 15.0 Å². The molecule has 0 fully saturated rings. The van der Waals surface area contributed by atoms with Gasteiger partial charge in [-0.25, -0.2) is 4.98 Å². The van der Waals surface area contributed by atoms with Gasteiger partial charge in [-0.3, -0.25) is 14.2 Å². The Labute approximate surface area is 189 Å². The molecule has 31 heavy (non-hydrogen) atoms.